The lowest BCUT2D eigenvalue weighted by molar-refractivity contribution is -0.137. The van der Waals surface area contributed by atoms with Gasteiger partial charge in [0.05, 0.1) is 21.7 Å². The number of hydrogen-bond donors (Lipinski definition) is 1. The number of ketones is 1. The minimum Gasteiger partial charge on any atom is -0.322 e. The molecule has 0 saturated carbocycles. The van der Waals surface area contributed by atoms with Gasteiger partial charge in [-0.1, -0.05) is 19.9 Å². The Bertz CT molecular complexity index is 1190. The maximum atomic E-state index is 12.9. The first-order valence-corrected chi connectivity index (χ1v) is 10.6. The van der Waals surface area contributed by atoms with E-state index in [4.69, 9.17) is 0 Å². The predicted molar refractivity (Wildman–Crippen MR) is 106 cm³/mol. The Balaban J connectivity index is 1.65. The molecule has 0 saturated heterocycles. The minimum atomic E-state index is -4.66. The summed E-state index contributed by atoms with van der Waals surface area (Å²) in [5.74, 6) is 0.0165. The van der Waals surface area contributed by atoms with Gasteiger partial charge in [0.15, 0.2) is 5.84 Å². The van der Waals surface area contributed by atoms with Crippen molar-refractivity contribution in [1.29, 1.82) is 0 Å². The number of alkyl halides is 3. The number of nitrogens with one attached hydrogen (secondary N) is 1. The number of fused-ring (bicyclic) bond motifs is 3. The lowest BCUT2D eigenvalue weighted by atomic mass is 9.91. The Morgan fingerprint density at radius 3 is 2.57 bits per heavy atom. The maximum Gasteiger partial charge on any atom is 0.416 e. The Labute approximate surface area is 171 Å². The SMILES string of the molecule is CC1(C)CN=C2C(=O)c3cc(NS(=O)(=O)c4cccc(C(F)(F)F)c4)ccc3N2C1. The van der Waals surface area contributed by atoms with E-state index in [1.54, 1.807) is 6.07 Å². The average Bonchev–Trinajstić information content (AvgIpc) is 2.91. The molecular formula is C20H18F3N3O3S. The van der Waals surface area contributed by atoms with Crippen molar-refractivity contribution in [3.8, 4) is 0 Å². The van der Waals surface area contributed by atoms with Gasteiger partial charge in [-0.2, -0.15) is 13.2 Å². The van der Waals surface area contributed by atoms with Crippen molar-refractivity contribution in [3.63, 3.8) is 0 Å². The van der Waals surface area contributed by atoms with Gasteiger partial charge in [-0.25, -0.2) is 8.42 Å². The van der Waals surface area contributed by atoms with E-state index in [1.807, 2.05) is 18.7 Å². The van der Waals surface area contributed by atoms with Crippen LogP contribution in [0.25, 0.3) is 0 Å². The van der Waals surface area contributed by atoms with E-state index in [1.165, 1.54) is 12.1 Å². The van der Waals surface area contributed by atoms with E-state index in [9.17, 15) is 26.4 Å². The fraction of sp³-hybridized carbons (Fsp3) is 0.300. The summed E-state index contributed by atoms with van der Waals surface area (Å²) < 4.78 is 66.2. The second kappa shape index (κ2) is 6.56. The summed E-state index contributed by atoms with van der Waals surface area (Å²) in [6.45, 7) is 5.17. The second-order valence-electron chi connectivity index (χ2n) is 8.08. The lowest BCUT2D eigenvalue weighted by Gasteiger charge is -2.34. The minimum absolute atomic E-state index is 0.0826. The predicted octanol–water partition coefficient (Wildman–Crippen LogP) is 3.95. The number of aliphatic imine (C=N–C) groups is 1. The van der Waals surface area contributed by atoms with Crippen molar-refractivity contribution < 1.29 is 26.4 Å². The molecule has 0 unspecified atom stereocenters. The molecule has 1 N–H and O–H groups in total. The summed E-state index contributed by atoms with van der Waals surface area (Å²) in [4.78, 5) is 18.4. The van der Waals surface area contributed by atoms with Gasteiger partial charge in [0.2, 0.25) is 5.78 Å². The third-order valence-corrected chi connectivity index (χ3v) is 6.34. The molecule has 4 rings (SSSR count). The Kier molecular flexibility index (Phi) is 4.46. The molecule has 2 aliphatic rings. The standard InChI is InChI=1S/C20H18F3N3O3S/c1-19(2)10-24-18-17(27)15-9-13(6-7-16(15)26(18)11-19)25-30(28,29)14-5-3-4-12(8-14)20(21,22)23/h3-9,25H,10-11H2,1-2H3. The van der Waals surface area contributed by atoms with E-state index in [-0.39, 0.29) is 16.9 Å². The molecule has 0 amide bonds. The number of amidine groups is 1. The summed E-state index contributed by atoms with van der Waals surface area (Å²) in [7, 11) is -4.28. The Morgan fingerprint density at radius 1 is 1.13 bits per heavy atom. The molecule has 2 aromatic rings. The second-order valence-corrected chi connectivity index (χ2v) is 9.76. The molecule has 6 nitrogen and oxygen atoms in total. The normalized spacial score (nSPS) is 18.0. The number of carbonyl (C=O) groups excluding carboxylic acids is 1. The van der Waals surface area contributed by atoms with Gasteiger partial charge in [0.1, 0.15) is 0 Å². The summed E-state index contributed by atoms with van der Waals surface area (Å²) in [5.41, 5.74) is -0.162. The van der Waals surface area contributed by atoms with Crippen molar-refractivity contribution in [2.75, 3.05) is 22.7 Å². The van der Waals surface area contributed by atoms with E-state index in [0.29, 0.717) is 36.2 Å². The fourth-order valence-electron chi connectivity index (χ4n) is 3.51. The van der Waals surface area contributed by atoms with Crippen molar-refractivity contribution in [2.45, 2.75) is 24.9 Å². The Hall–Kier alpha value is -2.88. The number of benzene rings is 2. The summed E-state index contributed by atoms with van der Waals surface area (Å²) in [6.07, 6.45) is -4.66. The first-order chi connectivity index (χ1) is 13.9. The third kappa shape index (κ3) is 3.55. The molecule has 0 atom stereocenters. The molecular weight excluding hydrogens is 419 g/mol. The summed E-state index contributed by atoms with van der Waals surface area (Å²) in [6, 6.07) is 7.94. The molecule has 2 aromatic carbocycles. The van der Waals surface area contributed by atoms with Crippen LogP contribution in [0.1, 0.15) is 29.8 Å². The number of Topliss-reactive ketones (excluding diaryl/α,β-unsaturated/α-hetero) is 1. The molecule has 2 heterocycles. The van der Waals surface area contributed by atoms with Gasteiger partial charge in [-0.05, 0) is 36.4 Å². The third-order valence-electron chi connectivity index (χ3n) is 4.96. The van der Waals surface area contributed by atoms with Crippen LogP contribution in [0.3, 0.4) is 0 Å². The topological polar surface area (TPSA) is 78.8 Å². The van der Waals surface area contributed by atoms with Gasteiger partial charge >= 0.3 is 6.18 Å². The van der Waals surface area contributed by atoms with E-state index in [2.05, 4.69) is 9.71 Å². The van der Waals surface area contributed by atoms with Crippen molar-refractivity contribution in [2.24, 2.45) is 10.4 Å². The first kappa shape index (κ1) is 20.4. The molecule has 0 spiro atoms. The number of anilines is 2. The number of nitrogens with zero attached hydrogens (tertiary/aromatic N) is 2. The van der Waals surface area contributed by atoms with Gasteiger partial charge < -0.3 is 4.90 Å². The molecule has 0 aliphatic carbocycles. The van der Waals surface area contributed by atoms with Crippen LogP contribution in [0.5, 0.6) is 0 Å². The largest absolute Gasteiger partial charge is 0.416 e. The summed E-state index contributed by atoms with van der Waals surface area (Å²) >= 11 is 0. The number of rotatable bonds is 3. The van der Waals surface area contributed by atoms with E-state index in [0.717, 1.165) is 18.2 Å². The van der Waals surface area contributed by atoms with Crippen LogP contribution in [0.2, 0.25) is 0 Å². The average molecular weight is 437 g/mol. The molecule has 30 heavy (non-hydrogen) atoms. The van der Waals surface area contributed by atoms with Gasteiger partial charge in [-0.3, -0.25) is 14.5 Å². The summed E-state index contributed by atoms with van der Waals surface area (Å²) in [5, 5.41) is 0. The van der Waals surface area contributed by atoms with Crippen LogP contribution < -0.4 is 9.62 Å². The monoisotopic (exact) mass is 437 g/mol. The zero-order valence-corrected chi connectivity index (χ0v) is 16.9. The van der Waals surface area contributed by atoms with Crippen LogP contribution in [0.15, 0.2) is 52.4 Å². The van der Waals surface area contributed by atoms with Gasteiger partial charge in [0.25, 0.3) is 10.0 Å². The van der Waals surface area contributed by atoms with Crippen LogP contribution >= 0.6 is 0 Å². The van der Waals surface area contributed by atoms with Crippen LogP contribution in [0, 0.1) is 5.41 Å². The van der Waals surface area contributed by atoms with Gasteiger partial charge in [0, 0.05) is 24.2 Å². The van der Waals surface area contributed by atoms with Crippen molar-refractivity contribution in [1.82, 2.24) is 0 Å². The molecule has 0 fully saturated rings. The lowest BCUT2D eigenvalue weighted by Crippen LogP contribution is -2.44. The Morgan fingerprint density at radius 2 is 1.87 bits per heavy atom. The highest BCUT2D eigenvalue weighted by molar-refractivity contribution is 7.92. The first-order valence-electron chi connectivity index (χ1n) is 9.08. The number of carbonyl (C=O) groups is 1. The van der Waals surface area contributed by atoms with Gasteiger partial charge in [-0.15, -0.1) is 0 Å². The quantitative estimate of drug-likeness (QED) is 0.789. The zero-order valence-electron chi connectivity index (χ0n) is 16.1. The molecule has 0 aromatic heterocycles. The molecule has 158 valence electrons. The smallest absolute Gasteiger partial charge is 0.322 e. The van der Waals surface area contributed by atoms with Crippen molar-refractivity contribution >= 4 is 33.0 Å². The number of sulfonamides is 1. The maximum absolute atomic E-state index is 12.9. The number of hydrogen-bond acceptors (Lipinski definition) is 5. The van der Waals surface area contributed by atoms with Crippen LogP contribution in [0.4, 0.5) is 24.5 Å². The zero-order chi connectivity index (χ0) is 21.9. The van der Waals surface area contributed by atoms with E-state index >= 15 is 0 Å². The van der Waals surface area contributed by atoms with Crippen LogP contribution in [-0.2, 0) is 16.2 Å². The highest BCUT2D eigenvalue weighted by atomic mass is 32.2. The van der Waals surface area contributed by atoms with Crippen LogP contribution in [-0.4, -0.2) is 33.1 Å². The fourth-order valence-corrected chi connectivity index (χ4v) is 4.61. The molecule has 0 bridgehead atoms. The molecule has 0 radical (unpaired) electrons. The highest BCUT2D eigenvalue weighted by Gasteiger charge is 2.40. The molecule has 10 heteroatoms. The molecule has 2 aliphatic heterocycles. The van der Waals surface area contributed by atoms with E-state index < -0.39 is 26.7 Å². The van der Waals surface area contributed by atoms with Crippen molar-refractivity contribution in [3.05, 3.63) is 53.6 Å². The highest BCUT2D eigenvalue weighted by Crippen LogP contribution is 2.37. The number of halogens is 3.